The molecule has 0 bridgehead atoms. The summed E-state index contributed by atoms with van der Waals surface area (Å²) in [6, 6.07) is 5.53. The minimum absolute atomic E-state index is 0.268. The van der Waals surface area contributed by atoms with Crippen LogP contribution in [0.5, 0.6) is 0 Å². The molecule has 0 amide bonds. The summed E-state index contributed by atoms with van der Waals surface area (Å²) in [5, 5.41) is 5.59. The Morgan fingerprint density at radius 2 is 2.38 bits per heavy atom. The average molecular weight is 195 g/mol. The molecule has 66 valence electrons. The van der Waals surface area contributed by atoms with Gasteiger partial charge in [0.25, 0.3) is 0 Å². The zero-order chi connectivity index (χ0) is 9.26. The Morgan fingerprint density at radius 3 is 3.15 bits per heavy atom. The lowest BCUT2D eigenvalue weighted by Gasteiger charge is -1.96. The Morgan fingerprint density at radius 1 is 1.54 bits per heavy atom. The summed E-state index contributed by atoms with van der Waals surface area (Å²) in [4.78, 5) is 10.3. The summed E-state index contributed by atoms with van der Waals surface area (Å²) in [6.45, 7) is 0.268. The van der Waals surface area contributed by atoms with Gasteiger partial charge in [-0.2, -0.15) is 5.10 Å². The Balaban J connectivity index is 2.67. The third kappa shape index (κ3) is 1.31. The first-order valence-corrected chi connectivity index (χ1v) is 4.24. The van der Waals surface area contributed by atoms with Crippen LogP contribution in [0.3, 0.4) is 0 Å². The van der Waals surface area contributed by atoms with E-state index in [1.807, 2.05) is 12.1 Å². The predicted octanol–water partition coefficient (Wildman–Crippen LogP) is 1.89. The van der Waals surface area contributed by atoms with Crippen LogP contribution in [0.15, 0.2) is 24.4 Å². The molecule has 0 saturated carbocycles. The van der Waals surface area contributed by atoms with Crippen molar-refractivity contribution in [2.24, 2.45) is 0 Å². The van der Waals surface area contributed by atoms with Crippen molar-refractivity contribution < 1.29 is 4.79 Å². The first-order chi connectivity index (χ1) is 6.33. The van der Waals surface area contributed by atoms with Gasteiger partial charge < -0.3 is 4.79 Å². The minimum atomic E-state index is 0.268. The highest BCUT2D eigenvalue weighted by Crippen LogP contribution is 2.22. The number of halogens is 1. The number of benzene rings is 1. The number of rotatable bonds is 2. The molecule has 1 aromatic heterocycles. The second kappa shape index (κ2) is 3.18. The fourth-order valence-electron chi connectivity index (χ4n) is 1.28. The average Bonchev–Trinajstić information content (AvgIpc) is 2.51. The maximum absolute atomic E-state index is 10.3. The van der Waals surface area contributed by atoms with Gasteiger partial charge in [0, 0.05) is 5.39 Å². The van der Waals surface area contributed by atoms with Crippen molar-refractivity contribution >= 4 is 28.8 Å². The second-order valence-corrected chi connectivity index (χ2v) is 3.07. The molecule has 4 heteroatoms. The number of fused-ring (bicyclic) bond motifs is 1. The second-order valence-electron chi connectivity index (χ2n) is 2.67. The van der Waals surface area contributed by atoms with E-state index >= 15 is 0 Å². The number of carbonyl (C=O) groups is 1. The van der Waals surface area contributed by atoms with Crippen molar-refractivity contribution in [2.75, 3.05) is 0 Å². The van der Waals surface area contributed by atoms with Crippen LogP contribution >= 0.6 is 11.6 Å². The fraction of sp³-hybridized carbons (Fsp3) is 0.111. The lowest BCUT2D eigenvalue weighted by molar-refractivity contribution is -0.108. The number of aldehydes is 1. The van der Waals surface area contributed by atoms with Crippen LogP contribution in [0.25, 0.3) is 10.9 Å². The maximum atomic E-state index is 10.3. The first-order valence-electron chi connectivity index (χ1n) is 3.86. The molecular weight excluding hydrogens is 188 g/mol. The van der Waals surface area contributed by atoms with Gasteiger partial charge in [-0.1, -0.05) is 17.7 Å². The van der Waals surface area contributed by atoms with Crippen LogP contribution in [0.4, 0.5) is 0 Å². The summed E-state index contributed by atoms with van der Waals surface area (Å²) in [5.41, 5.74) is 0.889. The monoisotopic (exact) mass is 194 g/mol. The molecule has 1 aromatic carbocycles. The summed E-state index contributed by atoms with van der Waals surface area (Å²) >= 11 is 5.93. The Labute approximate surface area is 79.9 Å². The number of aromatic nitrogens is 2. The molecule has 3 nitrogen and oxygen atoms in total. The van der Waals surface area contributed by atoms with Crippen molar-refractivity contribution in [1.82, 2.24) is 9.78 Å². The molecular formula is C9H7ClN2O. The highest BCUT2D eigenvalue weighted by molar-refractivity contribution is 6.35. The maximum Gasteiger partial charge on any atom is 0.141 e. The Bertz CT molecular complexity index is 450. The number of nitrogens with zero attached hydrogens (tertiary/aromatic N) is 2. The van der Waals surface area contributed by atoms with E-state index in [9.17, 15) is 4.79 Å². The fourth-order valence-corrected chi connectivity index (χ4v) is 1.50. The topological polar surface area (TPSA) is 34.9 Å². The zero-order valence-electron chi connectivity index (χ0n) is 6.77. The van der Waals surface area contributed by atoms with E-state index in [-0.39, 0.29) is 6.54 Å². The molecule has 0 aliphatic rings. The quantitative estimate of drug-likeness (QED) is 0.685. The number of hydrogen-bond donors (Lipinski definition) is 0. The van der Waals surface area contributed by atoms with Crippen molar-refractivity contribution in [3.05, 3.63) is 29.4 Å². The predicted molar refractivity (Wildman–Crippen MR) is 50.8 cm³/mol. The molecule has 0 spiro atoms. The summed E-state index contributed by atoms with van der Waals surface area (Å²) < 4.78 is 1.62. The van der Waals surface area contributed by atoms with Crippen LogP contribution < -0.4 is 0 Å². The van der Waals surface area contributed by atoms with E-state index in [0.29, 0.717) is 5.02 Å². The first kappa shape index (κ1) is 8.26. The Kier molecular flexibility index (Phi) is 2.02. The molecule has 0 unspecified atom stereocenters. The molecule has 2 rings (SSSR count). The van der Waals surface area contributed by atoms with Crippen LogP contribution in [0.1, 0.15) is 0 Å². The van der Waals surface area contributed by atoms with Gasteiger partial charge in [-0.05, 0) is 12.1 Å². The van der Waals surface area contributed by atoms with Crippen molar-refractivity contribution in [3.63, 3.8) is 0 Å². The van der Waals surface area contributed by atoms with Gasteiger partial charge >= 0.3 is 0 Å². The van der Waals surface area contributed by atoms with E-state index in [4.69, 9.17) is 11.6 Å². The SMILES string of the molecule is O=CCn1ncc2c(Cl)cccc21. The highest BCUT2D eigenvalue weighted by Gasteiger charge is 2.03. The standard InChI is InChI=1S/C9H7ClN2O/c10-8-2-1-3-9-7(8)6-11-12(9)4-5-13/h1-3,5-6H,4H2. The van der Waals surface area contributed by atoms with Gasteiger partial charge in [-0.15, -0.1) is 0 Å². The summed E-state index contributed by atoms with van der Waals surface area (Å²) in [6.07, 6.45) is 2.48. The van der Waals surface area contributed by atoms with Crippen molar-refractivity contribution in [3.8, 4) is 0 Å². The third-order valence-corrected chi connectivity index (χ3v) is 2.21. The summed E-state index contributed by atoms with van der Waals surface area (Å²) in [5.74, 6) is 0. The van der Waals surface area contributed by atoms with Crippen LogP contribution in [0, 0.1) is 0 Å². The van der Waals surface area contributed by atoms with Crippen LogP contribution in [0.2, 0.25) is 5.02 Å². The van der Waals surface area contributed by atoms with Gasteiger partial charge in [-0.25, -0.2) is 0 Å². The minimum Gasteiger partial charge on any atom is -0.301 e. The van der Waals surface area contributed by atoms with Gasteiger partial charge in [0.05, 0.1) is 23.3 Å². The highest BCUT2D eigenvalue weighted by atomic mass is 35.5. The van der Waals surface area contributed by atoms with Gasteiger partial charge in [0.2, 0.25) is 0 Å². The molecule has 13 heavy (non-hydrogen) atoms. The Hall–Kier alpha value is -1.35. The van der Waals surface area contributed by atoms with E-state index in [1.165, 1.54) is 0 Å². The molecule has 0 fully saturated rings. The van der Waals surface area contributed by atoms with E-state index in [0.717, 1.165) is 17.2 Å². The summed E-state index contributed by atoms with van der Waals surface area (Å²) in [7, 11) is 0. The van der Waals surface area contributed by atoms with E-state index in [1.54, 1.807) is 16.9 Å². The molecule has 0 aliphatic carbocycles. The van der Waals surface area contributed by atoms with Crippen LogP contribution in [-0.2, 0) is 11.3 Å². The molecule has 0 atom stereocenters. The largest absolute Gasteiger partial charge is 0.301 e. The van der Waals surface area contributed by atoms with Crippen molar-refractivity contribution in [2.45, 2.75) is 6.54 Å². The lowest BCUT2D eigenvalue weighted by Crippen LogP contribution is -1.99. The normalized spacial score (nSPS) is 10.5. The molecule has 0 saturated heterocycles. The molecule has 1 heterocycles. The van der Waals surface area contributed by atoms with E-state index < -0.39 is 0 Å². The van der Waals surface area contributed by atoms with Gasteiger partial charge in [0.15, 0.2) is 0 Å². The zero-order valence-corrected chi connectivity index (χ0v) is 7.53. The number of carbonyl (C=O) groups excluding carboxylic acids is 1. The third-order valence-electron chi connectivity index (χ3n) is 1.88. The molecule has 0 aliphatic heterocycles. The van der Waals surface area contributed by atoms with Gasteiger partial charge in [0.1, 0.15) is 6.29 Å². The van der Waals surface area contributed by atoms with E-state index in [2.05, 4.69) is 5.10 Å². The van der Waals surface area contributed by atoms with Crippen LogP contribution in [-0.4, -0.2) is 16.1 Å². The smallest absolute Gasteiger partial charge is 0.141 e. The lowest BCUT2D eigenvalue weighted by atomic mass is 10.2. The molecule has 2 aromatic rings. The number of hydrogen-bond acceptors (Lipinski definition) is 2. The molecule has 0 N–H and O–H groups in total. The molecule has 0 radical (unpaired) electrons. The van der Waals surface area contributed by atoms with Gasteiger partial charge in [-0.3, -0.25) is 4.68 Å². The van der Waals surface area contributed by atoms with Crippen molar-refractivity contribution in [1.29, 1.82) is 0 Å².